The van der Waals surface area contributed by atoms with E-state index in [0.717, 1.165) is 13.7 Å². The molecule has 3 atom stereocenters. The normalized spacial score (nSPS) is 33.4. The molecule has 7 aliphatic rings. The number of fused-ring (bicyclic) bond motifs is 6. The van der Waals surface area contributed by atoms with Crippen LogP contribution in [0, 0.1) is 27.6 Å². The van der Waals surface area contributed by atoms with Crippen molar-refractivity contribution in [2.75, 3.05) is 0 Å². The van der Waals surface area contributed by atoms with Crippen molar-refractivity contribution in [3.05, 3.63) is 85.8 Å². The van der Waals surface area contributed by atoms with E-state index in [1.54, 1.807) is 27.8 Å². The number of hydrogen-bond acceptors (Lipinski definition) is 0. The molecule has 0 saturated heterocycles. The molecule has 0 nitrogen and oxygen atoms in total. The number of rotatable bonds is 4. The SMILES string of the molecule is CC12C(=C3Cc4ccccc4C3=C3C=CCCC31)[C](C)([Zr](=[SiH2])([C]1=CC=CC1)([CH]1CCCC1)[CH]1CCCC1)C(C)(C)C(C)(C)C2(C)C.Cl.Cl. The van der Waals surface area contributed by atoms with Crippen molar-refractivity contribution in [2.24, 2.45) is 27.6 Å². The molecule has 0 aliphatic heterocycles. The number of halogens is 2. The summed E-state index contributed by atoms with van der Waals surface area (Å²) in [6.07, 6.45) is 29.7. The summed E-state index contributed by atoms with van der Waals surface area (Å²) in [6.45, 7) is 25.3. The van der Waals surface area contributed by atoms with Crippen LogP contribution in [-0.2, 0) is 23.8 Å². The Morgan fingerprint density at radius 3 is 1.92 bits per heavy atom. The smallest absolute Gasteiger partial charge is 0.147 e. The van der Waals surface area contributed by atoms with Crippen LogP contribution in [0.1, 0.15) is 137 Å². The van der Waals surface area contributed by atoms with Crippen molar-refractivity contribution in [3.63, 3.8) is 0 Å². The summed E-state index contributed by atoms with van der Waals surface area (Å²) in [6, 6.07) is 9.61. The van der Waals surface area contributed by atoms with Crippen molar-refractivity contribution in [1.29, 1.82) is 0 Å². The third-order valence-electron chi connectivity index (χ3n) is 18.5. The van der Waals surface area contributed by atoms with Gasteiger partial charge in [-0.3, -0.25) is 0 Å². The van der Waals surface area contributed by atoms with Crippen LogP contribution in [0.2, 0.25) is 10.4 Å². The van der Waals surface area contributed by atoms with E-state index < -0.39 is 17.4 Å². The minimum absolute atomic E-state index is 0. The topological polar surface area (TPSA) is 0 Å². The summed E-state index contributed by atoms with van der Waals surface area (Å²) in [5.41, 5.74) is 10.9. The Labute approximate surface area is 308 Å². The second kappa shape index (κ2) is 11.8. The zero-order valence-corrected chi connectivity index (χ0v) is 36.9. The van der Waals surface area contributed by atoms with Gasteiger partial charge in [-0.1, -0.05) is 0 Å². The van der Waals surface area contributed by atoms with Crippen LogP contribution in [0.4, 0.5) is 0 Å². The average molecular weight is 783 g/mol. The first kappa shape index (κ1) is 37.4. The summed E-state index contributed by atoms with van der Waals surface area (Å²) >= 11 is -4.13. The van der Waals surface area contributed by atoms with Gasteiger partial charge in [0.1, 0.15) is 0 Å². The Morgan fingerprint density at radius 2 is 1.33 bits per heavy atom. The zero-order valence-electron chi connectivity index (χ0n) is 31.4. The minimum Gasteiger partial charge on any atom is -0.147 e. The van der Waals surface area contributed by atoms with Crippen LogP contribution in [-0.4, -0.2) is 6.88 Å². The van der Waals surface area contributed by atoms with Crippen LogP contribution in [0.3, 0.4) is 0 Å². The van der Waals surface area contributed by atoms with E-state index >= 15 is 0 Å². The molecule has 0 aromatic heterocycles. The van der Waals surface area contributed by atoms with Crippen LogP contribution in [0.15, 0.2) is 74.6 Å². The fraction of sp³-hybridized carbons (Fsp3) is 0.636. The van der Waals surface area contributed by atoms with Gasteiger partial charge in [0.05, 0.1) is 0 Å². The molecule has 0 spiro atoms. The molecule has 8 rings (SSSR count). The van der Waals surface area contributed by atoms with E-state index in [9.17, 15) is 0 Å². The van der Waals surface area contributed by atoms with Gasteiger partial charge in [0.2, 0.25) is 0 Å². The summed E-state index contributed by atoms with van der Waals surface area (Å²) in [4.78, 5) is 0. The second-order valence-electron chi connectivity index (χ2n) is 19.2. The monoisotopic (exact) mass is 780 g/mol. The molecule has 3 unspecified atom stereocenters. The summed E-state index contributed by atoms with van der Waals surface area (Å²) in [5, 5.41) is 0. The van der Waals surface area contributed by atoms with Crippen LogP contribution in [0.5, 0.6) is 0 Å². The molecule has 1 aromatic rings. The zero-order chi connectivity index (χ0) is 32.6. The fourth-order valence-electron chi connectivity index (χ4n) is 15.0. The van der Waals surface area contributed by atoms with E-state index in [-0.39, 0.29) is 49.6 Å². The third-order valence-corrected chi connectivity index (χ3v) is 56.8. The van der Waals surface area contributed by atoms with Gasteiger partial charge in [0, 0.05) is 0 Å². The number of benzene rings is 1. The molecule has 3 fully saturated rings. The quantitative estimate of drug-likeness (QED) is 0.267. The molecule has 0 N–H and O–H groups in total. The number of allylic oxidation sites excluding steroid dienone is 10. The fourth-order valence-corrected chi connectivity index (χ4v) is 52.9. The number of hydrogen-bond donors (Lipinski definition) is 0. The maximum atomic E-state index is 3.02. The Balaban J connectivity index is 0.00000201. The van der Waals surface area contributed by atoms with Crippen molar-refractivity contribution < 1.29 is 17.4 Å². The van der Waals surface area contributed by atoms with Crippen molar-refractivity contribution in [2.45, 2.75) is 143 Å². The van der Waals surface area contributed by atoms with Gasteiger partial charge in [-0.05, 0) is 0 Å². The van der Waals surface area contributed by atoms with E-state index in [2.05, 4.69) is 117 Å². The standard InChI is InChI=1S/C29H37.2C5H9.C5H5.2ClH.H2Si.Zr/c1-18-25-22-17-19-13-9-10-14-20(19)24(22)21-15-11-12-16-23(21)29(25,8)28(6,7)27(4,5)26(18,2)3;3*1-2-4-5-3-1;;;;/h9-11,13-15,23H,12,16-17H2,1-8H3;2*1H,2-5H2;1-3H,4H2;2*1H;1H2;. The molecule has 7 aliphatic carbocycles. The Kier molecular flexibility index (Phi) is 9.19. The molecule has 1 aromatic carbocycles. The average Bonchev–Trinajstić information content (AvgIpc) is 3.87. The molecular formula is C44H64Cl2SiZr. The predicted octanol–water partition coefficient (Wildman–Crippen LogP) is 13.2. The summed E-state index contributed by atoms with van der Waals surface area (Å²) in [7, 11) is 0. The summed E-state index contributed by atoms with van der Waals surface area (Å²) < 4.78 is 4.10. The van der Waals surface area contributed by atoms with Crippen LogP contribution < -0.4 is 0 Å². The molecule has 0 heterocycles. The molecule has 3 saturated carbocycles. The first-order chi connectivity index (χ1) is 21.7. The molecule has 0 amide bonds. The van der Waals surface area contributed by atoms with E-state index in [0.29, 0.717) is 5.92 Å². The van der Waals surface area contributed by atoms with Gasteiger partial charge >= 0.3 is 286 Å². The first-order valence-electron chi connectivity index (χ1n) is 19.3. The molecule has 4 heteroatoms. The molecular weight excluding hydrogens is 719 g/mol. The van der Waals surface area contributed by atoms with E-state index in [4.69, 9.17) is 0 Å². The van der Waals surface area contributed by atoms with Gasteiger partial charge < -0.3 is 0 Å². The van der Waals surface area contributed by atoms with Crippen molar-refractivity contribution >= 4 is 37.3 Å². The predicted molar refractivity (Wildman–Crippen MR) is 213 cm³/mol. The second-order valence-corrected chi connectivity index (χ2v) is 44.3. The Bertz CT molecular complexity index is 1710. The third kappa shape index (κ3) is 3.90. The first-order valence-corrected chi connectivity index (χ1v) is 30.5. The van der Waals surface area contributed by atoms with Crippen LogP contribution >= 0.6 is 24.8 Å². The van der Waals surface area contributed by atoms with E-state index in [1.165, 1.54) is 70.6 Å². The Morgan fingerprint density at radius 1 is 0.729 bits per heavy atom. The van der Waals surface area contributed by atoms with Gasteiger partial charge in [-0.25, -0.2) is 0 Å². The van der Waals surface area contributed by atoms with Crippen molar-refractivity contribution in [1.82, 2.24) is 0 Å². The van der Waals surface area contributed by atoms with Gasteiger partial charge in [-0.2, -0.15) is 0 Å². The van der Waals surface area contributed by atoms with E-state index in [1.807, 2.05) is 8.85 Å². The molecule has 0 radical (unpaired) electrons. The molecule has 48 heavy (non-hydrogen) atoms. The summed E-state index contributed by atoms with van der Waals surface area (Å²) in [5.74, 6) is 0.584. The largest absolute Gasteiger partial charge is 0.147 e. The minimum atomic E-state index is -4.13. The van der Waals surface area contributed by atoms with Gasteiger partial charge in [0.15, 0.2) is 0 Å². The maximum absolute atomic E-state index is 4.13. The Hall–Kier alpha value is -0.400. The molecule has 262 valence electrons. The van der Waals surface area contributed by atoms with Gasteiger partial charge in [0.25, 0.3) is 0 Å². The van der Waals surface area contributed by atoms with Crippen molar-refractivity contribution in [3.8, 4) is 0 Å². The maximum Gasteiger partial charge on any atom is -0.147 e. The van der Waals surface area contributed by atoms with Crippen LogP contribution in [0.25, 0.3) is 5.57 Å². The molecule has 0 bridgehead atoms. The van der Waals surface area contributed by atoms with Gasteiger partial charge in [-0.15, -0.1) is 24.8 Å².